The van der Waals surface area contributed by atoms with Crippen LogP contribution in [0.2, 0.25) is 5.02 Å². The molecular formula is C13H14ClNO3S. The van der Waals surface area contributed by atoms with Gasteiger partial charge in [-0.2, -0.15) is 0 Å². The van der Waals surface area contributed by atoms with Gasteiger partial charge in [0.25, 0.3) is 0 Å². The summed E-state index contributed by atoms with van der Waals surface area (Å²) in [4.78, 5) is 13.7. The molecule has 2 atom stereocenters. The number of anilines is 1. The Morgan fingerprint density at radius 3 is 2.74 bits per heavy atom. The Hall–Kier alpha value is -1.07. The number of hydrogen-bond donors (Lipinski definition) is 0. The number of aryl methyl sites for hydroxylation is 1. The van der Waals surface area contributed by atoms with E-state index in [4.69, 9.17) is 11.6 Å². The molecule has 2 fully saturated rings. The first-order valence-electron chi connectivity index (χ1n) is 6.16. The Labute approximate surface area is 117 Å². The average molecular weight is 300 g/mol. The number of carbonyl (C=O) groups excluding carboxylic acids is 1. The Bertz CT molecular complexity index is 656. The zero-order chi connectivity index (χ0) is 13.8. The SMILES string of the molecule is Cc1ccc(N2C(=O)C[C@H]3CS(=O)(=O)C[C@@H]32)c(Cl)c1. The zero-order valence-corrected chi connectivity index (χ0v) is 12.0. The predicted octanol–water partition coefficient (Wildman–Crippen LogP) is 1.80. The van der Waals surface area contributed by atoms with Crippen molar-refractivity contribution in [1.82, 2.24) is 0 Å². The minimum Gasteiger partial charge on any atom is -0.306 e. The fraction of sp³-hybridized carbons (Fsp3) is 0.462. The lowest BCUT2D eigenvalue weighted by molar-refractivity contribution is -0.117. The fourth-order valence-corrected chi connectivity index (χ4v) is 5.41. The van der Waals surface area contributed by atoms with E-state index in [1.54, 1.807) is 17.0 Å². The smallest absolute Gasteiger partial charge is 0.227 e. The van der Waals surface area contributed by atoms with E-state index in [0.717, 1.165) is 5.56 Å². The van der Waals surface area contributed by atoms with E-state index >= 15 is 0 Å². The van der Waals surface area contributed by atoms with Crippen molar-refractivity contribution in [3.8, 4) is 0 Å². The summed E-state index contributed by atoms with van der Waals surface area (Å²) in [5.74, 6) is 0.0438. The first kappa shape index (κ1) is 12.9. The molecule has 2 aliphatic heterocycles. The molecule has 0 aliphatic carbocycles. The van der Waals surface area contributed by atoms with Gasteiger partial charge in [0.05, 0.1) is 28.3 Å². The molecule has 1 amide bonds. The van der Waals surface area contributed by atoms with Gasteiger partial charge in [-0.1, -0.05) is 17.7 Å². The van der Waals surface area contributed by atoms with Crippen LogP contribution < -0.4 is 4.90 Å². The van der Waals surface area contributed by atoms with Gasteiger partial charge in [0, 0.05) is 12.3 Å². The maximum Gasteiger partial charge on any atom is 0.227 e. The molecule has 1 aromatic rings. The van der Waals surface area contributed by atoms with Crippen molar-refractivity contribution in [2.75, 3.05) is 16.4 Å². The quantitative estimate of drug-likeness (QED) is 0.794. The molecule has 6 heteroatoms. The van der Waals surface area contributed by atoms with Crippen molar-refractivity contribution in [3.63, 3.8) is 0 Å². The van der Waals surface area contributed by atoms with Gasteiger partial charge in [-0.25, -0.2) is 8.42 Å². The maximum atomic E-state index is 12.1. The molecular weight excluding hydrogens is 286 g/mol. The van der Waals surface area contributed by atoms with Gasteiger partial charge in [0.15, 0.2) is 9.84 Å². The predicted molar refractivity (Wildman–Crippen MR) is 74.2 cm³/mol. The lowest BCUT2D eigenvalue weighted by atomic mass is 10.0. The number of benzene rings is 1. The van der Waals surface area contributed by atoms with Crippen molar-refractivity contribution in [1.29, 1.82) is 0 Å². The first-order chi connectivity index (χ1) is 8.87. The number of halogens is 1. The van der Waals surface area contributed by atoms with Crippen molar-refractivity contribution in [2.24, 2.45) is 5.92 Å². The summed E-state index contributed by atoms with van der Waals surface area (Å²) in [5.41, 5.74) is 1.64. The molecule has 0 aromatic heterocycles. The van der Waals surface area contributed by atoms with Crippen LogP contribution in [0.1, 0.15) is 12.0 Å². The molecule has 2 saturated heterocycles. The van der Waals surface area contributed by atoms with Gasteiger partial charge in [-0.15, -0.1) is 0 Å². The lowest BCUT2D eigenvalue weighted by Gasteiger charge is -2.24. The van der Waals surface area contributed by atoms with E-state index in [1.807, 2.05) is 13.0 Å². The monoisotopic (exact) mass is 299 g/mol. The van der Waals surface area contributed by atoms with Crippen molar-refractivity contribution in [3.05, 3.63) is 28.8 Å². The van der Waals surface area contributed by atoms with Crippen molar-refractivity contribution >= 4 is 33.0 Å². The van der Waals surface area contributed by atoms with Crippen LogP contribution in [0.25, 0.3) is 0 Å². The van der Waals surface area contributed by atoms with Gasteiger partial charge >= 0.3 is 0 Å². The third-order valence-corrected chi connectivity index (χ3v) is 5.92. The van der Waals surface area contributed by atoms with Crippen LogP contribution in [0.5, 0.6) is 0 Å². The van der Waals surface area contributed by atoms with Crippen LogP contribution >= 0.6 is 11.6 Å². The highest BCUT2D eigenvalue weighted by Crippen LogP contribution is 2.39. The summed E-state index contributed by atoms with van der Waals surface area (Å²) in [6, 6.07) is 5.22. The number of hydrogen-bond acceptors (Lipinski definition) is 3. The fourth-order valence-electron chi connectivity index (χ4n) is 3.01. The highest BCUT2D eigenvalue weighted by molar-refractivity contribution is 7.91. The molecule has 0 bridgehead atoms. The van der Waals surface area contributed by atoms with E-state index in [1.165, 1.54) is 0 Å². The third-order valence-electron chi connectivity index (χ3n) is 3.84. The molecule has 1 aromatic carbocycles. The molecule has 0 N–H and O–H groups in total. The number of rotatable bonds is 1. The van der Waals surface area contributed by atoms with E-state index in [2.05, 4.69) is 0 Å². The molecule has 2 aliphatic rings. The standard InChI is InChI=1S/C13H14ClNO3S/c1-8-2-3-11(10(14)4-8)15-12-7-19(17,18)6-9(12)5-13(15)16/h2-4,9,12H,5-7H2,1H3/t9-,12-/m0/s1. The summed E-state index contributed by atoms with van der Waals surface area (Å²) in [6.45, 7) is 1.92. The molecule has 0 unspecified atom stereocenters. The summed E-state index contributed by atoms with van der Waals surface area (Å²) >= 11 is 6.19. The summed E-state index contributed by atoms with van der Waals surface area (Å²) in [6.07, 6.45) is 0.300. The van der Waals surface area contributed by atoms with E-state index in [-0.39, 0.29) is 29.4 Å². The highest BCUT2D eigenvalue weighted by Gasteiger charge is 2.49. The first-order valence-corrected chi connectivity index (χ1v) is 8.36. The summed E-state index contributed by atoms with van der Waals surface area (Å²) < 4.78 is 23.4. The topological polar surface area (TPSA) is 54.5 Å². The van der Waals surface area contributed by atoms with Gasteiger partial charge in [0.1, 0.15) is 0 Å². The van der Waals surface area contributed by atoms with Gasteiger partial charge in [0.2, 0.25) is 5.91 Å². The molecule has 102 valence electrons. The maximum absolute atomic E-state index is 12.1. The second kappa shape index (κ2) is 4.21. The average Bonchev–Trinajstić information content (AvgIpc) is 2.70. The van der Waals surface area contributed by atoms with Crippen LogP contribution in [0, 0.1) is 12.8 Å². The number of carbonyl (C=O) groups is 1. The number of amides is 1. The van der Waals surface area contributed by atoms with Gasteiger partial charge < -0.3 is 4.90 Å². The summed E-state index contributed by atoms with van der Waals surface area (Å²) in [7, 11) is -3.03. The minimum absolute atomic E-state index is 0.0318. The Balaban J connectivity index is 2.02. The van der Waals surface area contributed by atoms with Crippen molar-refractivity contribution in [2.45, 2.75) is 19.4 Å². The zero-order valence-electron chi connectivity index (χ0n) is 10.5. The number of sulfone groups is 1. The van der Waals surface area contributed by atoms with E-state index in [9.17, 15) is 13.2 Å². The lowest BCUT2D eigenvalue weighted by Crippen LogP contribution is -2.36. The van der Waals surface area contributed by atoms with Crippen molar-refractivity contribution < 1.29 is 13.2 Å². The van der Waals surface area contributed by atoms with E-state index < -0.39 is 9.84 Å². The van der Waals surface area contributed by atoms with Gasteiger partial charge in [-0.3, -0.25) is 4.79 Å². The molecule has 19 heavy (non-hydrogen) atoms. The van der Waals surface area contributed by atoms with Gasteiger partial charge in [-0.05, 0) is 24.6 Å². The largest absolute Gasteiger partial charge is 0.306 e. The normalized spacial score (nSPS) is 28.7. The second-order valence-corrected chi connectivity index (χ2v) is 7.89. The minimum atomic E-state index is -3.03. The summed E-state index contributed by atoms with van der Waals surface area (Å²) in [5, 5.41) is 0.498. The van der Waals surface area contributed by atoms with Crippen LogP contribution in [0.3, 0.4) is 0 Å². The highest BCUT2D eigenvalue weighted by atomic mass is 35.5. The van der Waals surface area contributed by atoms with E-state index in [0.29, 0.717) is 17.1 Å². The Kier molecular flexibility index (Phi) is 2.87. The molecule has 2 heterocycles. The molecule has 3 rings (SSSR count). The molecule has 0 radical (unpaired) electrons. The third kappa shape index (κ3) is 2.15. The van der Waals surface area contributed by atoms with Crippen LogP contribution in [-0.2, 0) is 14.6 Å². The van der Waals surface area contributed by atoms with Crippen LogP contribution in [0.15, 0.2) is 18.2 Å². The Morgan fingerprint density at radius 2 is 2.05 bits per heavy atom. The van der Waals surface area contributed by atoms with Crippen LogP contribution in [-0.4, -0.2) is 31.9 Å². The molecule has 0 saturated carbocycles. The molecule has 4 nitrogen and oxygen atoms in total. The molecule has 0 spiro atoms. The van der Waals surface area contributed by atoms with Crippen LogP contribution in [0.4, 0.5) is 5.69 Å². The second-order valence-electron chi connectivity index (χ2n) is 5.33. The Morgan fingerprint density at radius 1 is 1.32 bits per heavy atom. The number of nitrogens with zero attached hydrogens (tertiary/aromatic N) is 1. The number of fused-ring (bicyclic) bond motifs is 1.